The number of amides is 1. The molecule has 3 atom stereocenters. The summed E-state index contributed by atoms with van der Waals surface area (Å²) in [6, 6.07) is -0.857. The molecule has 0 aromatic heterocycles. The molecule has 3 unspecified atom stereocenters. The number of phosphoric ester groups is 1. The predicted molar refractivity (Wildman–Crippen MR) is 221 cm³/mol. The molecular formula is C43H86N2O6P+. The third kappa shape index (κ3) is 37.3. The van der Waals surface area contributed by atoms with Crippen LogP contribution in [0.3, 0.4) is 0 Å². The van der Waals surface area contributed by atoms with E-state index < -0.39 is 20.0 Å². The van der Waals surface area contributed by atoms with Crippen molar-refractivity contribution in [3.05, 3.63) is 24.3 Å². The van der Waals surface area contributed by atoms with Crippen molar-refractivity contribution in [2.75, 3.05) is 40.9 Å². The Labute approximate surface area is 322 Å². The highest BCUT2D eigenvalue weighted by atomic mass is 31.2. The molecule has 0 rings (SSSR count). The molecule has 0 radical (unpaired) electrons. The number of carbonyl (C=O) groups is 1. The second-order valence-electron chi connectivity index (χ2n) is 16.1. The van der Waals surface area contributed by atoms with Crippen molar-refractivity contribution >= 4 is 13.7 Å². The van der Waals surface area contributed by atoms with E-state index in [-0.39, 0.29) is 19.1 Å². The molecule has 308 valence electrons. The summed E-state index contributed by atoms with van der Waals surface area (Å²) in [5, 5.41) is 13.8. The first-order valence-electron chi connectivity index (χ1n) is 21.7. The number of allylic oxidation sites excluding steroid dienone is 3. The number of unbranched alkanes of at least 4 members (excludes halogenated alkanes) is 24. The van der Waals surface area contributed by atoms with Crippen LogP contribution < -0.4 is 5.32 Å². The zero-order valence-electron chi connectivity index (χ0n) is 34.8. The molecule has 9 heteroatoms. The molecule has 0 saturated heterocycles. The van der Waals surface area contributed by atoms with Crippen molar-refractivity contribution in [1.29, 1.82) is 0 Å². The lowest BCUT2D eigenvalue weighted by molar-refractivity contribution is -0.870. The summed E-state index contributed by atoms with van der Waals surface area (Å²) >= 11 is 0. The molecule has 0 aromatic rings. The third-order valence-electron chi connectivity index (χ3n) is 9.67. The van der Waals surface area contributed by atoms with Crippen LogP contribution in [0.1, 0.15) is 194 Å². The number of aliphatic hydroxyl groups is 1. The van der Waals surface area contributed by atoms with E-state index in [0.29, 0.717) is 17.4 Å². The zero-order chi connectivity index (χ0) is 38.6. The Kier molecular flexibility index (Phi) is 35.0. The van der Waals surface area contributed by atoms with Crippen molar-refractivity contribution < 1.29 is 32.9 Å². The van der Waals surface area contributed by atoms with Gasteiger partial charge < -0.3 is 19.8 Å². The first-order valence-corrected chi connectivity index (χ1v) is 23.2. The van der Waals surface area contributed by atoms with E-state index in [9.17, 15) is 19.4 Å². The van der Waals surface area contributed by atoms with Gasteiger partial charge in [0.1, 0.15) is 13.2 Å². The fourth-order valence-electron chi connectivity index (χ4n) is 6.17. The van der Waals surface area contributed by atoms with E-state index in [1.807, 2.05) is 27.2 Å². The molecule has 0 aliphatic heterocycles. The van der Waals surface area contributed by atoms with Gasteiger partial charge in [0, 0.05) is 6.42 Å². The van der Waals surface area contributed by atoms with Crippen molar-refractivity contribution in [2.45, 2.75) is 206 Å². The first kappa shape index (κ1) is 51.0. The highest BCUT2D eigenvalue weighted by molar-refractivity contribution is 7.47. The minimum Gasteiger partial charge on any atom is -0.387 e. The van der Waals surface area contributed by atoms with Crippen molar-refractivity contribution in [3.63, 3.8) is 0 Å². The van der Waals surface area contributed by atoms with Gasteiger partial charge in [-0.25, -0.2) is 4.57 Å². The second kappa shape index (κ2) is 35.7. The van der Waals surface area contributed by atoms with Gasteiger partial charge in [0.2, 0.25) is 5.91 Å². The molecular weight excluding hydrogens is 671 g/mol. The minimum atomic E-state index is -4.34. The molecule has 0 heterocycles. The van der Waals surface area contributed by atoms with Crippen LogP contribution in [0.2, 0.25) is 0 Å². The molecule has 1 amide bonds. The smallest absolute Gasteiger partial charge is 0.387 e. The van der Waals surface area contributed by atoms with E-state index in [4.69, 9.17) is 9.05 Å². The monoisotopic (exact) mass is 758 g/mol. The van der Waals surface area contributed by atoms with Crippen LogP contribution in [0.15, 0.2) is 24.3 Å². The Bertz CT molecular complexity index is 907. The number of hydrogen-bond donors (Lipinski definition) is 3. The van der Waals surface area contributed by atoms with Gasteiger partial charge >= 0.3 is 7.82 Å². The second-order valence-corrected chi connectivity index (χ2v) is 17.5. The lowest BCUT2D eigenvalue weighted by atomic mass is 10.0. The van der Waals surface area contributed by atoms with Crippen LogP contribution >= 0.6 is 7.82 Å². The summed E-state index contributed by atoms with van der Waals surface area (Å²) in [7, 11) is 1.56. The summed E-state index contributed by atoms with van der Waals surface area (Å²) in [6.07, 6.45) is 41.0. The van der Waals surface area contributed by atoms with E-state index in [2.05, 4.69) is 31.3 Å². The van der Waals surface area contributed by atoms with Crippen molar-refractivity contribution in [3.8, 4) is 0 Å². The van der Waals surface area contributed by atoms with Gasteiger partial charge in [0.05, 0.1) is 39.9 Å². The summed E-state index contributed by atoms with van der Waals surface area (Å²) in [5.41, 5.74) is 0. The summed E-state index contributed by atoms with van der Waals surface area (Å²) in [5.74, 6) is -0.186. The largest absolute Gasteiger partial charge is 0.472 e. The standard InChI is InChI=1S/C43H85N2O6P/c1-6-8-10-12-14-16-18-20-22-24-26-28-30-32-34-36-42(46)41(40-51-52(48,49)50-39-38-45(3,4)5)44-43(47)37-35-33-31-29-27-25-23-21-19-17-15-13-11-9-7-2/h26,28,34,36,41-42,46H,6-25,27,29-33,35,37-40H2,1-5H3,(H-,44,47,48,49)/p+1/b28-26+,36-34+. The summed E-state index contributed by atoms with van der Waals surface area (Å²) in [4.78, 5) is 23.1. The maximum Gasteiger partial charge on any atom is 0.472 e. The molecule has 8 nitrogen and oxygen atoms in total. The molecule has 0 spiro atoms. The van der Waals surface area contributed by atoms with Gasteiger partial charge in [-0.05, 0) is 32.1 Å². The Balaban J connectivity index is 4.48. The molecule has 0 fully saturated rings. The molecule has 0 aliphatic carbocycles. The van der Waals surface area contributed by atoms with Gasteiger partial charge in [0.15, 0.2) is 0 Å². The van der Waals surface area contributed by atoms with Crippen LogP contribution in [-0.4, -0.2) is 73.4 Å². The average Bonchev–Trinajstić information content (AvgIpc) is 3.09. The van der Waals surface area contributed by atoms with Gasteiger partial charge in [0.25, 0.3) is 0 Å². The lowest BCUT2D eigenvalue weighted by Crippen LogP contribution is -2.45. The number of hydrogen-bond acceptors (Lipinski definition) is 5. The zero-order valence-corrected chi connectivity index (χ0v) is 35.7. The van der Waals surface area contributed by atoms with Gasteiger partial charge in [-0.1, -0.05) is 179 Å². The van der Waals surface area contributed by atoms with Gasteiger partial charge in [-0.2, -0.15) is 0 Å². The quantitative estimate of drug-likeness (QED) is 0.0250. The fraction of sp³-hybridized carbons (Fsp3) is 0.884. The fourth-order valence-corrected chi connectivity index (χ4v) is 6.91. The maximum absolute atomic E-state index is 12.8. The Morgan fingerprint density at radius 1 is 0.635 bits per heavy atom. The van der Waals surface area contributed by atoms with Crippen LogP contribution in [0.5, 0.6) is 0 Å². The molecule has 0 bridgehead atoms. The minimum absolute atomic E-state index is 0.0581. The number of rotatable bonds is 39. The molecule has 3 N–H and O–H groups in total. The van der Waals surface area contributed by atoms with E-state index in [1.54, 1.807) is 6.08 Å². The highest BCUT2D eigenvalue weighted by Crippen LogP contribution is 2.43. The number of nitrogens with zero attached hydrogens (tertiary/aromatic N) is 1. The lowest BCUT2D eigenvalue weighted by Gasteiger charge is -2.25. The van der Waals surface area contributed by atoms with E-state index in [1.165, 1.54) is 135 Å². The average molecular weight is 758 g/mol. The Morgan fingerprint density at radius 2 is 1.06 bits per heavy atom. The van der Waals surface area contributed by atoms with Crippen LogP contribution in [-0.2, 0) is 18.4 Å². The van der Waals surface area contributed by atoms with Crippen molar-refractivity contribution in [1.82, 2.24) is 5.32 Å². The van der Waals surface area contributed by atoms with Gasteiger partial charge in [-0.15, -0.1) is 0 Å². The summed E-state index contributed by atoms with van der Waals surface area (Å²) < 4.78 is 23.5. The molecule has 52 heavy (non-hydrogen) atoms. The van der Waals surface area contributed by atoms with Crippen LogP contribution in [0.25, 0.3) is 0 Å². The Morgan fingerprint density at radius 3 is 1.54 bits per heavy atom. The number of nitrogens with one attached hydrogen (secondary N) is 1. The number of aliphatic hydroxyl groups excluding tert-OH is 1. The molecule has 0 saturated carbocycles. The number of likely N-dealkylation sites (N-methyl/N-ethyl adjacent to an activating group) is 1. The van der Waals surface area contributed by atoms with Gasteiger partial charge in [-0.3, -0.25) is 13.8 Å². The normalized spacial score (nSPS) is 14.7. The topological polar surface area (TPSA) is 105 Å². The van der Waals surface area contributed by atoms with E-state index >= 15 is 0 Å². The highest BCUT2D eigenvalue weighted by Gasteiger charge is 2.27. The number of quaternary nitrogens is 1. The van der Waals surface area contributed by atoms with Crippen LogP contribution in [0, 0.1) is 0 Å². The summed E-state index contributed by atoms with van der Waals surface area (Å²) in [6.45, 7) is 4.79. The third-order valence-corrected chi connectivity index (χ3v) is 10.7. The Hall–Kier alpha value is -1.02. The SMILES string of the molecule is CCCCCCCCCCC/C=C/CC/C=C/C(O)C(COP(=O)(O)OCC[N+](C)(C)C)NC(=O)CCCCCCCCCCCCCCCCC. The molecule has 0 aliphatic rings. The molecule has 0 aromatic carbocycles. The number of phosphoric acid groups is 1. The van der Waals surface area contributed by atoms with E-state index in [0.717, 1.165) is 38.5 Å². The van der Waals surface area contributed by atoms with Crippen molar-refractivity contribution in [2.24, 2.45) is 0 Å². The predicted octanol–water partition coefficient (Wildman–Crippen LogP) is 11.7. The maximum atomic E-state index is 12.8. The first-order chi connectivity index (χ1) is 25.0. The number of carbonyl (C=O) groups excluding carboxylic acids is 1. The van der Waals surface area contributed by atoms with Crippen LogP contribution in [0.4, 0.5) is 0 Å².